The first-order chi connectivity index (χ1) is 40.6. The standard InChI is InChI=1S/C59H68N10O15.CH3/c1-37-30-51(72)67(57(37)76)19-23-80-27-29-82-28-26-79-22-16-49(70)61-18-15-50(71)65-46-31-40(9-13-47(46)83-59-54(75)52(73)53(74)55(84-59)58(77)78)35-69(20-24-81-25-21-69)44-5-3-4-41(33-44)45-14-17-60-48(64-45)32-39-7-11-43(12-8-39)68-36-63-56(66-68)42-10-6-38(2)62-34-42;/h3-14,17,31,33-34,36-37,52-55,59,73-75H,15-16,18-30,32,35H2,1-2H3,(H2-,61,65,70,71,77,78);1H3/q;-1/p+1/t37?,52-,53-,54+,55-,59+;/m0./s1. The van der Waals surface area contributed by atoms with Crippen LogP contribution >= 0.6 is 0 Å². The van der Waals surface area contributed by atoms with Gasteiger partial charge in [0.2, 0.25) is 29.9 Å². The summed E-state index contributed by atoms with van der Waals surface area (Å²) < 4.78 is 35.9. The molecule has 3 saturated heterocycles. The highest BCUT2D eigenvalue weighted by atomic mass is 16.7. The van der Waals surface area contributed by atoms with E-state index in [1.807, 2.05) is 61.5 Å². The van der Waals surface area contributed by atoms with Gasteiger partial charge in [-0.25, -0.2) is 24.4 Å². The smallest absolute Gasteiger partial charge is 0.335 e. The number of aryl methyl sites for hydroxylation is 1. The number of benzene rings is 3. The van der Waals surface area contributed by atoms with Crippen molar-refractivity contribution in [1.29, 1.82) is 0 Å². The highest BCUT2D eigenvalue weighted by molar-refractivity contribution is 6.03. The SMILES string of the molecule is Cc1ccc(-c2ncn(-c3ccc(Cc4nccc(-c5cccc([N+]6(Cc7ccc(O[C@@H]8O[C@H](C(=O)O)[C@@H](O)[C@H](O)[C@H]8O)c(NC(=O)CCNC(=O)CCOCCOCCOCCN8C(=O)CC(C)C8=O)c7)CCOCC6)c5)n4)cc3)n2)cn1.[CH3-]. The van der Waals surface area contributed by atoms with Crippen LogP contribution in [0.2, 0.25) is 0 Å². The zero-order valence-electron chi connectivity index (χ0n) is 47.7. The fourth-order valence-corrected chi connectivity index (χ4v) is 9.94. The van der Waals surface area contributed by atoms with Crippen molar-refractivity contribution >= 4 is 41.0 Å². The van der Waals surface area contributed by atoms with E-state index in [2.05, 4.69) is 42.8 Å². The Hall–Kier alpha value is -7.98. The van der Waals surface area contributed by atoms with Crippen molar-refractivity contribution in [2.45, 2.75) is 76.8 Å². The molecule has 0 radical (unpaired) electrons. The number of rotatable bonds is 27. The topological polar surface area (TPSA) is 318 Å². The van der Waals surface area contributed by atoms with E-state index < -0.39 is 42.6 Å². The first-order valence-corrected chi connectivity index (χ1v) is 27.8. The number of amides is 4. The molecule has 1 unspecified atom stereocenters. The van der Waals surface area contributed by atoms with Crippen molar-refractivity contribution in [2.75, 3.05) is 84.4 Å². The Balaban J connectivity index is 0.00000940. The fourth-order valence-electron chi connectivity index (χ4n) is 9.94. The predicted octanol–water partition coefficient (Wildman–Crippen LogP) is 3.22. The largest absolute Gasteiger partial charge is 0.479 e. The third-order valence-electron chi connectivity index (χ3n) is 14.6. The third kappa shape index (κ3) is 16.5. The van der Waals surface area contributed by atoms with Crippen LogP contribution in [0.25, 0.3) is 28.3 Å². The Morgan fingerprint density at radius 1 is 0.788 bits per heavy atom. The lowest BCUT2D eigenvalue weighted by Crippen LogP contribution is -2.61. The van der Waals surface area contributed by atoms with Crippen LogP contribution in [0, 0.1) is 20.3 Å². The number of anilines is 1. The van der Waals surface area contributed by atoms with Crippen molar-refractivity contribution in [3.8, 4) is 34.1 Å². The van der Waals surface area contributed by atoms with Crippen LogP contribution in [0.4, 0.5) is 11.4 Å². The van der Waals surface area contributed by atoms with E-state index in [9.17, 15) is 44.4 Å². The molecule has 3 aromatic heterocycles. The lowest BCUT2D eigenvalue weighted by molar-refractivity contribution is -0.271. The quantitative estimate of drug-likeness (QED) is 0.0187. The number of nitrogens with zero attached hydrogens (tertiary/aromatic N) is 8. The molecule has 85 heavy (non-hydrogen) atoms. The molecule has 0 bridgehead atoms. The number of aliphatic carboxylic acids is 1. The van der Waals surface area contributed by atoms with Crippen LogP contribution < -0.4 is 19.9 Å². The Kier molecular flexibility index (Phi) is 22.0. The summed E-state index contributed by atoms with van der Waals surface area (Å²) in [6, 6.07) is 26.9. The number of pyridine rings is 1. The Morgan fingerprint density at radius 2 is 1.53 bits per heavy atom. The number of nitrogens with one attached hydrogen (secondary N) is 2. The van der Waals surface area contributed by atoms with Gasteiger partial charge in [0.15, 0.2) is 11.9 Å². The molecule has 4 amide bonds. The summed E-state index contributed by atoms with van der Waals surface area (Å²) in [5, 5.41) is 51.7. The molecule has 3 aliphatic rings. The van der Waals surface area contributed by atoms with Crippen LogP contribution in [0.3, 0.4) is 0 Å². The predicted molar refractivity (Wildman–Crippen MR) is 307 cm³/mol. The van der Waals surface area contributed by atoms with Gasteiger partial charge in [-0.15, -0.1) is 5.10 Å². The molecule has 0 aliphatic carbocycles. The number of ether oxygens (including phenoxy) is 6. The molecule has 25 nitrogen and oxygen atoms in total. The van der Waals surface area contributed by atoms with Crippen LogP contribution in [-0.4, -0.2) is 194 Å². The molecular formula is C60H72N10O15. The first kappa shape index (κ1) is 63.1. The van der Waals surface area contributed by atoms with E-state index in [1.165, 1.54) is 11.0 Å². The maximum atomic E-state index is 13.6. The van der Waals surface area contributed by atoms with Gasteiger partial charge in [0.25, 0.3) is 0 Å². The van der Waals surface area contributed by atoms with Crippen molar-refractivity contribution in [3.63, 3.8) is 0 Å². The number of carboxylic acid groups (broad SMARTS) is 1. The van der Waals surface area contributed by atoms with Crippen molar-refractivity contribution in [3.05, 3.63) is 134 Å². The number of imide groups is 1. The lowest BCUT2D eigenvalue weighted by Gasteiger charge is -2.41. The summed E-state index contributed by atoms with van der Waals surface area (Å²) in [6.07, 6.45) is -3.72. The minimum absolute atomic E-state index is 0. The summed E-state index contributed by atoms with van der Waals surface area (Å²) in [5.74, 6) is -1.96. The van der Waals surface area contributed by atoms with Crippen molar-refractivity contribution in [2.24, 2.45) is 5.92 Å². The van der Waals surface area contributed by atoms with E-state index in [0.717, 1.165) is 45.0 Å². The molecule has 3 aromatic carbocycles. The van der Waals surface area contributed by atoms with Gasteiger partial charge < -0.3 is 66.9 Å². The average Bonchev–Trinajstić information content (AvgIpc) is 3.37. The molecule has 0 saturated carbocycles. The number of aromatic nitrogens is 6. The number of morpholine rings is 1. The monoisotopic (exact) mass is 1170 g/mol. The summed E-state index contributed by atoms with van der Waals surface area (Å²) in [7, 11) is 0. The van der Waals surface area contributed by atoms with Crippen LogP contribution in [-0.2, 0) is 60.6 Å². The van der Waals surface area contributed by atoms with Gasteiger partial charge in [-0.3, -0.25) is 33.5 Å². The second kappa shape index (κ2) is 29.7. The van der Waals surface area contributed by atoms with Gasteiger partial charge in [0.1, 0.15) is 61.5 Å². The summed E-state index contributed by atoms with van der Waals surface area (Å²) in [4.78, 5) is 81.8. The number of aliphatic hydroxyl groups is 3. The number of hydrogen-bond acceptors (Lipinski definition) is 19. The number of likely N-dealkylation sites (tertiary alicyclic amines) is 1. The first-order valence-electron chi connectivity index (χ1n) is 27.8. The third-order valence-corrected chi connectivity index (χ3v) is 14.6. The number of hydrogen-bond donors (Lipinski definition) is 6. The van der Waals surface area contributed by atoms with E-state index in [4.69, 9.17) is 33.4 Å². The minimum atomic E-state index is -1.95. The van der Waals surface area contributed by atoms with Crippen molar-refractivity contribution < 1.29 is 72.8 Å². The highest BCUT2D eigenvalue weighted by Gasteiger charge is 2.48. The normalized spacial score (nSPS) is 20.2. The Bertz CT molecular complexity index is 3230. The second-order valence-corrected chi connectivity index (χ2v) is 20.7. The number of aliphatic hydroxyl groups excluding tert-OH is 3. The van der Waals surface area contributed by atoms with Crippen LogP contribution in [0.15, 0.2) is 104 Å². The van der Waals surface area contributed by atoms with E-state index in [1.54, 1.807) is 42.5 Å². The van der Waals surface area contributed by atoms with E-state index in [-0.39, 0.29) is 114 Å². The maximum absolute atomic E-state index is 13.6. The van der Waals surface area contributed by atoms with Gasteiger partial charge >= 0.3 is 5.97 Å². The molecule has 3 aliphatic heterocycles. The Morgan fingerprint density at radius 3 is 2.25 bits per heavy atom. The van der Waals surface area contributed by atoms with Gasteiger partial charge in [-0.05, 0) is 67.1 Å². The number of carboxylic acids is 1. The van der Waals surface area contributed by atoms with Gasteiger partial charge in [0, 0.05) is 79.0 Å². The molecule has 0 spiro atoms. The van der Waals surface area contributed by atoms with Gasteiger partial charge in [-0.1, -0.05) is 31.2 Å². The van der Waals surface area contributed by atoms with Crippen LogP contribution in [0.5, 0.6) is 5.75 Å². The summed E-state index contributed by atoms with van der Waals surface area (Å²) in [6.45, 7) is 7.67. The van der Waals surface area contributed by atoms with Gasteiger partial charge in [-0.2, -0.15) is 0 Å². The maximum Gasteiger partial charge on any atom is 0.335 e. The molecule has 6 heterocycles. The fraction of sp³-hybridized carbons (Fsp3) is 0.417. The zero-order valence-corrected chi connectivity index (χ0v) is 47.7. The molecule has 3 fully saturated rings. The number of quaternary nitrogens is 1. The molecular weight excluding hydrogens is 1100 g/mol. The molecule has 6 N–H and O–H groups in total. The Labute approximate surface area is 491 Å². The van der Waals surface area contributed by atoms with Crippen LogP contribution in [0.1, 0.15) is 48.8 Å². The minimum Gasteiger partial charge on any atom is -0.479 e. The summed E-state index contributed by atoms with van der Waals surface area (Å²) in [5.41, 5.74) is 7.07. The molecule has 25 heteroatoms. The van der Waals surface area contributed by atoms with Crippen molar-refractivity contribution in [1.82, 2.24) is 44.4 Å². The molecule has 9 rings (SSSR count). The second-order valence-electron chi connectivity index (χ2n) is 20.7. The molecule has 452 valence electrons. The van der Waals surface area contributed by atoms with E-state index >= 15 is 0 Å². The summed E-state index contributed by atoms with van der Waals surface area (Å²) >= 11 is 0. The average molecular weight is 1170 g/mol. The molecule has 6 atom stereocenters. The van der Waals surface area contributed by atoms with E-state index in [0.29, 0.717) is 55.4 Å². The highest BCUT2D eigenvalue weighted by Crippen LogP contribution is 2.36. The number of carbonyl (C=O) groups excluding carboxylic acids is 4. The van der Waals surface area contributed by atoms with Gasteiger partial charge in [0.05, 0.1) is 76.5 Å². The number of carbonyl (C=O) groups is 5. The molecule has 6 aromatic rings. The zero-order chi connectivity index (χ0) is 59.2. The lowest BCUT2D eigenvalue weighted by atomic mass is 9.99.